The van der Waals surface area contributed by atoms with Crippen LogP contribution in [0.3, 0.4) is 0 Å². The van der Waals surface area contributed by atoms with Crippen LogP contribution in [0.5, 0.6) is 17.2 Å². The minimum atomic E-state index is -0.764. The second kappa shape index (κ2) is 5.06. The van der Waals surface area contributed by atoms with Gasteiger partial charge in [0.2, 0.25) is 6.79 Å². The van der Waals surface area contributed by atoms with Crippen LogP contribution in [0.15, 0.2) is 36.4 Å². The second-order valence-corrected chi connectivity index (χ2v) is 4.76. The molecule has 1 aliphatic heterocycles. The van der Waals surface area contributed by atoms with Crippen LogP contribution in [-0.2, 0) is 0 Å². The lowest BCUT2D eigenvalue weighted by Crippen LogP contribution is -2.03. The fourth-order valence-electron chi connectivity index (χ4n) is 2.33. The smallest absolute Gasteiger partial charge is 0.231 e. The molecule has 0 fully saturated rings. The summed E-state index contributed by atoms with van der Waals surface area (Å²) in [6, 6.07) is 11.2. The van der Waals surface area contributed by atoms with Gasteiger partial charge in [0.25, 0.3) is 0 Å². The first-order chi connectivity index (χ1) is 9.69. The van der Waals surface area contributed by atoms with Gasteiger partial charge in [0.05, 0.1) is 7.11 Å². The van der Waals surface area contributed by atoms with Crippen molar-refractivity contribution in [1.82, 2.24) is 0 Å². The number of aliphatic hydroxyl groups excluding tert-OH is 1. The Balaban J connectivity index is 2.00. The molecule has 0 amide bonds. The average molecular weight is 272 g/mol. The standard InChI is InChI=1S/C16H16O4/c1-10-3-5-13(18-2)12(7-10)16(17)11-4-6-14-15(8-11)20-9-19-14/h3-8,16-17H,9H2,1-2H3. The van der Waals surface area contributed by atoms with Gasteiger partial charge in [-0.25, -0.2) is 0 Å². The maximum atomic E-state index is 10.6. The van der Waals surface area contributed by atoms with Crippen LogP contribution in [0, 0.1) is 6.92 Å². The number of aryl methyl sites for hydroxylation is 1. The van der Waals surface area contributed by atoms with E-state index in [0.29, 0.717) is 17.2 Å². The van der Waals surface area contributed by atoms with Crippen molar-refractivity contribution in [2.45, 2.75) is 13.0 Å². The molecule has 1 unspecified atom stereocenters. The topological polar surface area (TPSA) is 47.9 Å². The van der Waals surface area contributed by atoms with Crippen molar-refractivity contribution in [2.24, 2.45) is 0 Å². The molecule has 0 spiro atoms. The molecular formula is C16H16O4. The van der Waals surface area contributed by atoms with E-state index in [-0.39, 0.29) is 6.79 Å². The fraction of sp³-hybridized carbons (Fsp3) is 0.250. The fourth-order valence-corrected chi connectivity index (χ4v) is 2.33. The van der Waals surface area contributed by atoms with Gasteiger partial charge < -0.3 is 19.3 Å². The third kappa shape index (κ3) is 2.18. The Hall–Kier alpha value is -2.20. The lowest BCUT2D eigenvalue weighted by atomic mass is 9.98. The van der Waals surface area contributed by atoms with Crippen LogP contribution in [0.4, 0.5) is 0 Å². The van der Waals surface area contributed by atoms with Crippen molar-refractivity contribution in [3.8, 4) is 17.2 Å². The highest BCUT2D eigenvalue weighted by Crippen LogP contribution is 2.37. The van der Waals surface area contributed by atoms with E-state index in [2.05, 4.69) is 0 Å². The van der Waals surface area contributed by atoms with Gasteiger partial charge in [-0.15, -0.1) is 0 Å². The molecule has 1 atom stereocenters. The zero-order valence-corrected chi connectivity index (χ0v) is 11.4. The predicted octanol–water partition coefficient (Wildman–Crippen LogP) is 2.81. The SMILES string of the molecule is COc1ccc(C)cc1C(O)c1ccc2c(c1)OCO2. The Bertz CT molecular complexity index is 636. The molecule has 3 rings (SSSR count). The van der Waals surface area contributed by atoms with E-state index >= 15 is 0 Å². The summed E-state index contributed by atoms with van der Waals surface area (Å²) >= 11 is 0. The van der Waals surface area contributed by atoms with Gasteiger partial charge in [-0.1, -0.05) is 17.7 Å². The Kier molecular flexibility index (Phi) is 3.24. The first-order valence-corrected chi connectivity index (χ1v) is 6.41. The summed E-state index contributed by atoms with van der Waals surface area (Å²) in [5.41, 5.74) is 2.56. The molecule has 104 valence electrons. The van der Waals surface area contributed by atoms with Crippen molar-refractivity contribution in [1.29, 1.82) is 0 Å². The molecular weight excluding hydrogens is 256 g/mol. The third-order valence-electron chi connectivity index (χ3n) is 3.39. The number of hydrogen-bond acceptors (Lipinski definition) is 4. The summed E-state index contributed by atoms with van der Waals surface area (Å²) < 4.78 is 15.9. The molecule has 4 heteroatoms. The first kappa shape index (κ1) is 12.8. The highest BCUT2D eigenvalue weighted by Gasteiger charge is 2.20. The molecule has 0 aliphatic carbocycles. The van der Waals surface area contributed by atoms with Gasteiger partial charge in [0, 0.05) is 5.56 Å². The lowest BCUT2D eigenvalue weighted by molar-refractivity contribution is 0.173. The Labute approximate surface area is 117 Å². The molecule has 0 radical (unpaired) electrons. The highest BCUT2D eigenvalue weighted by atomic mass is 16.7. The van der Waals surface area contributed by atoms with Crippen molar-refractivity contribution >= 4 is 0 Å². The van der Waals surface area contributed by atoms with E-state index in [9.17, 15) is 5.11 Å². The average Bonchev–Trinajstić information content (AvgIpc) is 2.93. The van der Waals surface area contributed by atoms with Crippen molar-refractivity contribution in [3.05, 3.63) is 53.1 Å². The predicted molar refractivity (Wildman–Crippen MR) is 74.4 cm³/mol. The van der Waals surface area contributed by atoms with Gasteiger partial charge in [-0.3, -0.25) is 0 Å². The molecule has 2 aromatic carbocycles. The summed E-state index contributed by atoms with van der Waals surface area (Å²) in [7, 11) is 1.60. The Morgan fingerprint density at radius 3 is 2.70 bits per heavy atom. The molecule has 0 saturated carbocycles. The maximum Gasteiger partial charge on any atom is 0.231 e. The largest absolute Gasteiger partial charge is 0.496 e. The van der Waals surface area contributed by atoms with Crippen molar-refractivity contribution in [3.63, 3.8) is 0 Å². The molecule has 0 saturated heterocycles. The molecule has 20 heavy (non-hydrogen) atoms. The third-order valence-corrected chi connectivity index (χ3v) is 3.39. The molecule has 1 N–H and O–H groups in total. The van der Waals surface area contributed by atoms with E-state index in [1.54, 1.807) is 13.2 Å². The number of aliphatic hydroxyl groups is 1. The second-order valence-electron chi connectivity index (χ2n) is 4.76. The van der Waals surface area contributed by atoms with Gasteiger partial charge in [-0.05, 0) is 36.8 Å². The van der Waals surface area contributed by atoms with Gasteiger partial charge in [0.1, 0.15) is 11.9 Å². The molecule has 1 heterocycles. The van der Waals surface area contributed by atoms with E-state index < -0.39 is 6.10 Å². The molecule has 4 nitrogen and oxygen atoms in total. The summed E-state index contributed by atoms with van der Waals surface area (Å²) in [5, 5.41) is 10.6. The van der Waals surface area contributed by atoms with Gasteiger partial charge in [-0.2, -0.15) is 0 Å². The number of methoxy groups -OCH3 is 1. The molecule has 2 aromatic rings. The summed E-state index contributed by atoms with van der Waals surface area (Å²) in [6.07, 6.45) is -0.764. The van der Waals surface area contributed by atoms with Gasteiger partial charge in [0.15, 0.2) is 11.5 Å². The minimum absolute atomic E-state index is 0.225. The number of rotatable bonds is 3. The van der Waals surface area contributed by atoms with Crippen molar-refractivity contribution in [2.75, 3.05) is 13.9 Å². The van der Waals surface area contributed by atoms with Crippen LogP contribution in [0.25, 0.3) is 0 Å². The number of ether oxygens (including phenoxy) is 3. The van der Waals surface area contributed by atoms with Crippen LogP contribution in [0.2, 0.25) is 0 Å². The number of hydrogen-bond donors (Lipinski definition) is 1. The number of benzene rings is 2. The van der Waals surface area contributed by atoms with Crippen LogP contribution < -0.4 is 14.2 Å². The zero-order valence-electron chi connectivity index (χ0n) is 11.4. The number of fused-ring (bicyclic) bond motifs is 1. The summed E-state index contributed by atoms with van der Waals surface area (Å²) in [4.78, 5) is 0. The quantitative estimate of drug-likeness (QED) is 0.933. The zero-order chi connectivity index (χ0) is 14.1. The highest BCUT2D eigenvalue weighted by molar-refractivity contribution is 5.49. The molecule has 0 aromatic heterocycles. The lowest BCUT2D eigenvalue weighted by Gasteiger charge is -2.16. The van der Waals surface area contributed by atoms with E-state index in [1.165, 1.54) is 0 Å². The molecule has 1 aliphatic rings. The maximum absolute atomic E-state index is 10.6. The minimum Gasteiger partial charge on any atom is -0.496 e. The first-order valence-electron chi connectivity index (χ1n) is 6.41. The van der Waals surface area contributed by atoms with Crippen molar-refractivity contribution < 1.29 is 19.3 Å². The van der Waals surface area contributed by atoms with Crippen LogP contribution in [-0.4, -0.2) is 19.0 Å². The summed E-state index contributed by atoms with van der Waals surface area (Å²) in [6.45, 7) is 2.21. The van der Waals surface area contributed by atoms with E-state index in [0.717, 1.165) is 16.7 Å². The normalized spacial score (nSPS) is 14.2. The summed E-state index contributed by atoms with van der Waals surface area (Å²) in [5.74, 6) is 2.03. The Morgan fingerprint density at radius 2 is 1.90 bits per heavy atom. The van der Waals surface area contributed by atoms with Gasteiger partial charge >= 0.3 is 0 Å². The monoisotopic (exact) mass is 272 g/mol. The van der Waals surface area contributed by atoms with E-state index in [4.69, 9.17) is 14.2 Å². The Morgan fingerprint density at radius 1 is 1.10 bits per heavy atom. The van der Waals surface area contributed by atoms with E-state index in [1.807, 2.05) is 37.3 Å². The van der Waals surface area contributed by atoms with Crippen LogP contribution in [0.1, 0.15) is 22.8 Å². The molecule has 0 bridgehead atoms. The van der Waals surface area contributed by atoms with Crippen LogP contribution >= 0.6 is 0 Å².